The molecule has 1 aromatic rings. The molecule has 1 saturated carbocycles. The predicted octanol–water partition coefficient (Wildman–Crippen LogP) is 3.88. The Morgan fingerprint density at radius 3 is 2.74 bits per heavy atom. The van der Waals surface area contributed by atoms with Gasteiger partial charge in [0, 0.05) is 23.7 Å². The highest BCUT2D eigenvalue weighted by Crippen LogP contribution is 2.27. The van der Waals surface area contributed by atoms with Crippen LogP contribution in [0.1, 0.15) is 64.6 Å². The van der Waals surface area contributed by atoms with Gasteiger partial charge < -0.3 is 5.32 Å². The summed E-state index contributed by atoms with van der Waals surface area (Å²) in [5.74, 6) is 0. The van der Waals surface area contributed by atoms with E-state index in [1.54, 1.807) is 0 Å². The zero-order chi connectivity index (χ0) is 13.9. The minimum absolute atomic E-state index is 0.0732. The van der Waals surface area contributed by atoms with Crippen molar-refractivity contribution >= 4 is 11.6 Å². The van der Waals surface area contributed by atoms with Crippen LogP contribution >= 0.6 is 11.6 Å². The Hall–Kier alpha value is -0.540. The minimum Gasteiger partial charge on any atom is -0.305 e. The largest absolute Gasteiger partial charge is 0.305 e. The van der Waals surface area contributed by atoms with Gasteiger partial charge in [0.2, 0.25) is 0 Å². The molecule has 4 heteroatoms. The maximum absolute atomic E-state index is 6.17. The highest BCUT2D eigenvalue weighted by Gasteiger charge is 2.23. The molecule has 0 radical (unpaired) electrons. The summed E-state index contributed by atoms with van der Waals surface area (Å²) in [5.41, 5.74) is 1.03. The SMILES string of the molecule is CC(Cl)C(C)(C)NCc1ccn(C2CCCCC2)n1. The van der Waals surface area contributed by atoms with Gasteiger partial charge in [-0.3, -0.25) is 4.68 Å². The van der Waals surface area contributed by atoms with Gasteiger partial charge in [-0.15, -0.1) is 11.6 Å². The summed E-state index contributed by atoms with van der Waals surface area (Å²) in [7, 11) is 0. The van der Waals surface area contributed by atoms with E-state index in [-0.39, 0.29) is 10.9 Å². The quantitative estimate of drug-likeness (QED) is 0.831. The fourth-order valence-corrected chi connectivity index (χ4v) is 2.56. The van der Waals surface area contributed by atoms with E-state index in [1.165, 1.54) is 32.1 Å². The molecule has 19 heavy (non-hydrogen) atoms. The Morgan fingerprint density at radius 1 is 1.42 bits per heavy atom. The van der Waals surface area contributed by atoms with Crippen LogP contribution in [0, 0.1) is 0 Å². The number of halogens is 1. The second-order valence-corrected chi connectivity index (χ2v) is 6.92. The normalized spacial score (nSPS) is 19.6. The second kappa shape index (κ2) is 6.27. The van der Waals surface area contributed by atoms with Crippen LogP contribution in [-0.2, 0) is 6.54 Å². The standard InChI is InChI=1S/C15H26ClN3/c1-12(16)15(2,3)17-11-13-9-10-19(18-13)14-7-5-4-6-8-14/h9-10,12,14,17H,4-8,11H2,1-3H3. The predicted molar refractivity (Wildman–Crippen MR) is 80.6 cm³/mol. The lowest BCUT2D eigenvalue weighted by atomic mass is 9.96. The van der Waals surface area contributed by atoms with E-state index in [4.69, 9.17) is 16.7 Å². The molecule has 0 bridgehead atoms. The molecule has 3 nitrogen and oxygen atoms in total. The molecule has 0 aliphatic heterocycles. The molecule has 108 valence electrons. The van der Waals surface area contributed by atoms with Crippen LogP contribution in [0.25, 0.3) is 0 Å². The Bertz CT molecular complexity index is 392. The van der Waals surface area contributed by atoms with Crippen molar-refractivity contribution in [3.63, 3.8) is 0 Å². The van der Waals surface area contributed by atoms with Gasteiger partial charge in [-0.2, -0.15) is 5.10 Å². The maximum atomic E-state index is 6.17. The first-order valence-corrected chi connectivity index (χ1v) is 7.86. The minimum atomic E-state index is -0.0732. The molecule has 0 spiro atoms. The van der Waals surface area contributed by atoms with Gasteiger partial charge in [0.1, 0.15) is 0 Å². The summed E-state index contributed by atoms with van der Waals surface area (Å²) in [6.07, 6.45) is 8.75. The molecule has 1 N–H and O–H groups in total. The summed E-state index contributed by atoms with van der Waals surface area (Å²) in [6.45, 7) is 7.06. The van der Waals surface area contributed by atoms with Crippen molar-refractivity contribution in [1.82, 2.24) is 15.1 Å². The van der Waals surface area contributed by atoms with Crippen LogP contribution in [-0.4, -0.2) is 20.7 Å². The zero-order valence-electron chi connectivity index (χ0n) is 12.3. The first-order chi connectivity index (χ1) is 8.99. The average Bonchev–Trinajstić information content (AvgIpc) is 2.86. The molecule has 1 fully saturated rings. The first kappa shape index (κ1) is 14.9. The highest BCUT2D eigenvalue weighted by molar-refractivity contribution is 6.21. The summed E-state index contributed by atoms with van der Waals surface area (Å²) in [4.78, 5) is 0. The average molecular weight is 284 g/mol. The number of aromatic nitrogens is 2. The number of hydrogen-bond acceptors (Lipinski definition) is 2. The van der Waals surface area contributed by atoms with Crippen molar-refractivity contribution in [2.45, 2.75) is 76.4 Å². The number of rotatable bonds is 5. The Labute approximate surface area is 121 Å². The molecular formula is C15H26ClN3. The maximum Gasteiger partial charge on any atom is 0.0762 e. The Morgan fingerprint density at radius 2 is 2.11 bits per heavy atom. The van der Waals surface area contributed by atoms with Crippen LogP contribution in [0.15, 0.2) is 12.3 Å². The molecule has 2 rings (SSSR count). The molecular weight excluding hydrogens is 258 g/mol. The third kappa shape index (κ3) is 3.96. The molecule has 1 unspecified atom stereocenters. The van der Waals surface area contributed by atoms with E-state index in [1.807, 2.05) is 6.92 Å². The van der Waals surface area contributed by atoms with Gasteiger partial charge in [0.05, 0.1) is 11.7 Å². The smallest absolute Gasteiger partial charge is 0.0762 e. The van der Waals surface area contributed by atoms with E-state index < -0.39 is 0 Å². The Balaban J connectivity index is 1.90. The van der Waals surface area contributed by atoms with E-state index >= 15 is 0 Å². The molecule has 0 aromatic carbocycles. The third-order valence-electron chi connectivity index (χ3n) is 4.33. The van der Waals surface area contributed by atoms with Gasteiger partial charge in [-0.05, 0) is 39.7 Å². The second-order valence-electron chi connectivity index (χ2n) is 6.27. The molecule has 0 amide bonds. The lowest BCUT2D eigenvalue weighted by molar-refractivity contribution is 0.325. The summed E-state index contributed by atoms with van der Waals surface area (Å²) < 4.78 is 2.16. The van der Waals surface area contributed by atoms with Gasteiger partial charge >= 0.3 is 0 Å². The van der Waals surface area contributed by atoms with Gasteiger partial charge in [-0.1, -0.05) is 19.3 Å². The van der Waals surface area contributed by atoms with Crippen LogP contribution in [0.2, 0.25) is 0 Å². The fourth-order valence-electron chi connectivity index (χ4n) is 2.48. The topological polar surface area (TPSA) is 29.9 Å². The van der Waals surface area contributed by atoms with Gasteiger partial charge in [-0.25, -0.2) is 0 Å². The van der Waals surface area contributed by atoms with Crippen molar-refractivity contribution in [2.24, 2.45) is 0 Å². The van der Waals surface area contributed by atoms with Crippen LogP contribution in [0.5, 0.6) is 0 Å². The molecule has 1 atom stereocenters. The van der Waals surface area contributed by atoms with E-state index in [0.717, 1.165) is 12.2 Å². The summed E-state index contributed by atoms with van der Waals surface area (Å²) >= 11 is 6.17. The lowest BCUT2D eigenvalue weighted by Crippen LogP contribution is -2.45. The van der Waals surface area contributed by atoms with Crippen LogP contribution in [0.3, 0.4) is 0 Å². The number of nitrogens with one attached hydrogen (secondary N) is 1. The number of nitrogens with zero attached hydrogens (tertiary/aromatic N) is 2. The molecule has 1 heterocycles. The van der Waals surface area contributed by atoms with Gasteiger partial charge in [0.15, 0.2) is 0 Å². The van der Waals surface area contributed by atoms with Crippen LogP contribution < -0.4 is 5.32 Å². The van der Waals surface area contributed by atoms with Crippen LogP contribution in [0.4, 0.5) is 0 Å². The molecule has 1 aliphatic carbocycles. The third-order valence-corrected chi connectivity index (χ3v) is 4.88. The first-order valence-electron chi connectivity index (χ1n) is 7.42. The number of alkyl halides is 1. The monoisotopic (exact) mass is 283 g/mol. The van der Waals surface area contributed by atoms with E-state index in [0.29, 0.717) is 6.04 Å². The van der Waals surface area contributed by atoms with Crippen molar-refractivity contribution in [2.75, 3.05) is 0 Å². The lowest BCUT2D eigenvalue weighted by Gasteiger charge is -2.28. The highest BCUT2D eigenvalue weighted by atomic mass is 35.5. The molecule has 0 saturated heterocycles. The van der Waals surface area contributed by atoms with Crippen molar-refractivity contribution in [1.29, 1.82) is 0 Å². The fraction of sp³-hybridized carbons (Fsp3) is 0.800. The van der Waals surface area contributed by atoms with Crippen molar-refractivity contribution in [3.8, 4) is 0 Å². The van der Waals surface area contributed by atoms with Crippen molar-refractivity contribution < 1.29 is 0 Å². The summed E-state index contributed by atoms with van der Waals surface area (Å²) in [5, 5.41) is 8.28. The van der Waals surface area contributed by atoms with E-state index in [9.17, 15) is 0 Å². The van der Waals surface area contributed by atoms with Crippen molar-refractivity contribution in [3.05, 3.63) is 18.0 Å². The van der Waals surface area contributed by atoms with E-state index in [2.05, 4.69) is 36.1 Å². The summed E-state index contributed by atoms with van der Waals surface area (Å²) in [6, 6.07) is 2.74. The molecule has 1 aliphatic rings. The number of hydrogen-bond donors (Lipinski definition) is 1. The molecule has 1 aromatic heterocycles. The zero-order valence-corrected chi connectivity index (χ0v) is 13.1. The van der Waals surface area contributed by atoms with Gasteiger partial charge in [0.25, 0.3) is 0 Å². The Kier molecular flexibility index (Phi) is 4.91.